The highest BCUT2D eigenvalue weighted by atomic mass is 19.4. The molecule has 0 radical (unpaired) electrons. The van der Waals surface area contributed by atoms with Gasteiger partial charge in [-0.15, -0.1) is 0 Å². The van der Waals surface area contributed by atoms with Crippen LogP contribution in [0.25, 0.3) is 0 Å². The van der Waals surface area contributed by atoms with E-state index in [2.05, 4.69) is 4.74 Å². The summed E-state index contributed by atoms with van der Waals surface area (Å²) in [6.45, 7) is 0.923. The molecule has 2 nitrogen and oxygen atoms in total. The van der Waals surface area contributed by atoms with Crippen LogP contribution in [-0.4, -0.2) is 17.4 Å². The molecule has 1 N–H and O–H groups in total. The van der Waals surface area contributed by atoms with Gasteiger partial charge < -0.3 is 9.84 Å². The van der Waals surface area contributed by atoms with Crippen molar-refractivity contribution in [1.29, 1.82) is 0 Å². The zero-order valence-corrected chi connectivity index (χ0v) is 7.38. The maximum Gasteiger partial charge on any atom is 0.425 e. The number of rotatable bonds is 2. The molecule has 0 heterocycles. The van der Waals surface area contributed by atoms with Crippen LogP contribution in [-0.2, 0) is 0 Å². The number of hydrogen-bond acceptors (Lipinski definition) is 2. The summed E-state index contributed by atoms with van der Waals surface area (Å²) in [4.78, 5) is 0. The number of hydrogen-bond donors (Lipinski definition) is 1. The Balaban J connectivity index is 2.65. The summed E-state index contributed by atoms with van der Waals surface area (Å²) in [6.07, 6.45) is -6.23. The Hall–Kier alpha value is -1.39. The lowest BCUT2D eigenvalue weighted by Gasteiger charge is -2.17. The third-order valence-electron chi connectivity index (χ3n) is 1.61. The van der Waals surface area contributed by atoms with Crippen LogP contribution in [0, 0.1) is 0 Å². The van der Waals surface area contributed by atoms with Gasteiger partial charge in [0.05, 0.1) is 0 Å². The van der Waals surface area contributed by atoms with Crippen LogP contribution >= 0.6 is 0 Å². The van der Waals surface area contributed by atoms with E-state index in [1.165, 1.54) is 24.3 Å². The number of alkyl halides is 3. The molecule has 14 heavy (non-hydrogen) atoms. The fourth-order valence-corrected chi connectivity index (χ4v) is 0.796. The van der Waals surface area contributed by atoms with Crippen molar-refractivity contribution in [3.8, 4) is 11.5 Å². The van der Waals surface area contributed by atoms with Crippen molar-refractivity contribution >= 4 is 0 Å². The van der Waals surface area contributed by atoms with Gasteiger partial charge in [0.1, 0.15) is 11.5 Å². The van der Waals surface area contributed by atoms with Crippen LogP contribution in [0.1, 0.15) is 6.92 Å². The van der Waals surface area contributed by atoms with Crippen LogP contribution < -0.4 is 4.74 Å². The fourth-order valence-electron chi connectivity index (χ4n) is 0.796. The third kappa shape index (κ3) is 2.83. The Kier molecular flexibility index (Phi) is 2.88. The van der Waals surface area contributed by atoms with Crippen molar-refractivity contribution in [2.45, 2.75) is 19.2 Å². The largest absolute Gasteiger partial charge is 0.508 e. The van der Waals surface area contributed by atoms with Crippen molar-refractivity contribution in [3.05, 3.63) is 24.3 Å². The van der Waals surface area contributed by atoms with E-state index >= 15 is 0 Å². The zero-order chi connectivity index (χ0) is 10.8. The van der Waals surface area contributed by atoms with Gasteiger partial charge in [0.25, 0.3) is 0 Å². The van der Waals surface area contributed by atoms with Crippen molar-refractivity contribution in [2.75, 3.05) is 0 Å². The van der Waals surface area contributed by atoms with Crippen LogP contribution in [0.5, 0.6) is 11.5 Å². The molecule has 0 bridgehead atoms. The Morgan fingerprint density at radius 2 is 1.71 bits per heavy atom. The van der Waals surface area contributed by atoms with Gasteiger partial charge in [-0.05, 0) is 31.2 Å². The molecule has 0 saturated carbocycles. The second kappa shape index (κ2) is 3.77. The monoisotopic (exact) mass is 206 g/mol. The molecule has 5 heteroatoms. The van der Waals surface area contributed by atoms with Gasteiger partial charge in [0.15, 0.2) is 6.10 Å². The lowest BCUT2D eigenvalue weighted by atomic mass is 10.3. The van der Waals surface area contributed by atoms with Crippen LogP contribution in [0.4, 0.5) is 13.2 Å². The number of aromatic hydroxyl groups is 1. The minimum Gasteiger partial charge on any atom is -0.508 e. The topological polar surface area (TPSA) is 29.5 Å². The highest BCUT2D eigenvalue weighted by Gasteiger charge is 2.37. The normalized spacial score (nSPS) is 13.7. The quantitative estimate of drug-likeness (QED) is 0.806. The lowest BCUT2D eigenvalue weighted by molar-refractivity contribution is -0.189. The standard InChI is InChI=1S/C9H9F3O2/c1-6(9(10,11)12)14-8-4-2-7(13)3-5-8/h2-6,13H,1H3. The van der Waals surface area contributed by atoms with Crippen LogP contribution in [0.15, 0.2) is 24.3 Å². The van der Waals surface area contributed by atoms with Gasteiger partial charge in [-0.2, -0.15) is 13.2 Å². The summed E-state index contributed by atoms with van der Waals surface area (Å²) in [6, 6.07) is 5.08. The summed E-state index contributed by atoms with van der Waals surface area (Å²) in [5, 5.41) is 8.87. The average Bonchev–Trinajstić information content (AvgIpc) is 2.07. The number of ether oxygens (including phenoxy) is 1. The zero-order valence-electron chi connectivity index (χ0n) is 7.38. The smallest absolute Gasteiger partial charge is 0.425 e. The Morgan fingerprint density at radius 1 is 1.21 bits per heavy atom. The molecule has 0 spiro atoms. The van der Waals surface area contributed by atoms with Crippen molar-refractivity contribution in [1.82, 2.24) is 0 Å². The molecule has 1 unspecified atom stereocenters. The molecule has 0 fully saturated rings. The predicted octanol–water partition coefficient (Wildman–Crippen LogP) is 2.72. The van der Waals surface area contributed by atoms with E-state index in [4.69, 9.17) is 5.11 Å². The van der Waals surface area contributed by atoms with E-state index in [1.807, 2.05) is 0 Å². The molecule has 0 aromatic heterocycles. The van der Waals surface area contributed by atoms with E-state index in [9.17, 15) is 13.2 Å². The molecule has 1 rings (SSSR count). The molecule has 1 atom stereocenters. The molecule has 0 saturated heterocycles. The molecular formula is C9H9F3O2. The summed E-state index contributed by atoms with van der Waals surface area (Å²) < 4.78 is 40.7. The average molecular weight is 206 g/mol. The van der Waals surface area contributed by atoms with E-state index < -0.39 is 12.3 Å². The van der Waals surface area contributed by atoms with Crippen molar-refractivity contribution in [2.24, 2.45) is 0 Å². The molecule has 1 aromatic carbocycles. The van der Waals surface area contributed by atoms with Crippen LogP contribution in [0.2, 0.25) is 0 Å². The first-order valence-corrected chi connectivity index (χ1v) is 3.92. The Morgan fingerprint density at radius 3 is 2.14 bits per heavy atom. The number of benzene rings is 1. The molecule has 0 aliphatic carbocycles. The molecular weight excluding hydrogens is 197 g/mol. The van der Waals surface area contributed by atoms with Gasteiger partial charge in [-0.3, -0.25) is 0 Å². The second-order valence-electron chi connectivity index (χ2n) is 2.80. The predicted molar refractivity (Wildman–Crippen MR) is 44.3 cm³/mol. The maximum atomic E-state index is 12.0. The SMILES string of the molecule is CC(Oc1ccc(O)cc1)C(F)(F)F. The molecule has 0 aliphatic rings. The Labute approximate surface area is 78.9 Å². The molecule has 0 aliphatic heterocycles. The fraction of sp³-hybridized carbons (Fsp3) is 0.333. The molecule has 0 amide bonds. The maximum absolute atomic E-state index is 12.0. The summed E-state index contributed by atoms with van der Waals surface area (Å²) in [5.41, 5.74) is 0. The number of halogens is 3. The van der Waals surface area contributed by atoms with Gasteiger partial charge >= 0.3 is 6.18 Å². The van der Waals surface area contributed by atoms with E-state index in [0.717, 1.165) is 6.92 Å². The van der Waals surface area contributed by atoms with Crippen molar-refractivity contribution < 1.29 is 23.0 Å². The molecule has 78 valence electrons. The van der Waals surface area contributed by atoms with Gasteiger partial charge in [0.2, 0.25) is 0 Å². The number of phenolic OH excluding ortho intramolecular Hbond substituents is 1. The second-order valence-corrected chi connectivity index (χ2v) is 2.80. The van der Waals surface area contributed by atoms with Gasteiger partial charge in [0, 0.05) is 0 Å². The Bertz CT molecular complexity index is 292. The molecule has 1 aromatic rings. The summed E-state index contributed by atoms with van der Waals surface area (Å²) in [7, 11) is 0. The van der Waals surface area contributed by atoms with Gasteiger partial charge in [-0.25, -0.2) is 0 Å². The minimum absolute atomic E-state index is 0.0167. The van der Waals surface area contributed by atoms with Crippen molar-refractivity contribution in [3.63, 3.8) is 0 Å². The van der Waals surface area contributed by atoms with Gasteiger partial charge in [-0.1, -0.05) is 0 Å². The number of phenols is 1. The lowest BCUT2D eigenvalue weighted by Crippen LogP contribution is -2.31. The first kappa shape index (κ1) is 10.7. The first-order chi connectivity index (χ1) is 6.39. The summed E-state index contributed by atoms with van der Waals surface area (Å²) >= 11 is 0. The first-order valence-electron chi connectivity index (χ1n) is 3.92. The highest BCUT2D eigenvalue weighted by Crippen LogP contribution is 2.25. The van der Waals surface area contributed by atoms with E-state index in [-0.39, 0.29) is 11.5 Å². The minimum atomic E-state index is -4.38. The highest BCUT2D eigenvalue weighted by molar-refractivity contribution is 5.30. The van der Waals surface area contributed by atoms with E-state index in [0.29, 0.717) is 0 Å². The summed E-state index contributed by atoms with van der Waals surface area (Å²) in [5.74, 6) is 0.0598. The van der Waals surface area contributed by atoms with Crippen LogP contribution in [0.3, 0.4) is 0 Å². The van der Waals surface area contributed by atoms with E-state index in [1.54, 1.807) is 0 Å². The third-order valence-corrected chi connectivity index (χ3v) is 1.61.